The fourth-order valence-electron chi connectivity index (χ4n) is 1.80. The maximum atomic E-state index is 5.62. The molecule has 0 bridgehead atoms. The lowest BCUT2D eigenvalue weighted by atomic mass is 10.2. The second kappa shape index (κ2) is 11.0. The quantitative estimate of drug-likeness (QED) is 0.445. The van der Waals surface area contributed by atoms with Gasteiger partial charge in [-0.25, -0.2) is 4.68 Å². The predicted molar refractivity (Wildman–Crippen MR) is 94.5 cm³/mol. The number of nitrogens with zero attached hydrogens (tertiary/aromatic N) is 3. The highest BCUT2D eigenvalue weighted by Gasteiger charge is 2.01. The van der Waals surface area contributed by atoms with Crippen LogP contribution < -0.4 is 10.5 Å². The van der Waals surface area contributed by atoms with Gasteiger partial charge in [-0.05, 0) is 49.3 Å². The topological polar surface area (TPSA) is 66.0 Å². The lowest BCUT2D eigenvalue weighted by molar-refractivity contribution is 0.290. The first-order valence-corrected chi connectivity index (χ1v) is 8.39. The highest BCUT2D eigenvalue weighted by molar-refractivity contribution is 7.80. The molecule has 0 aliphatic heterocycles. The van der Waals surface area contributed by atoms with E-state index in [1.807, 2.05) is 49.0 Å². The SMILES string of the molecule is CC.Nc1ccc(OCCn2cc(CCCCS)nn2)cc1. The van der Waals surface area contributed by atoms with Crippen LogP contribution in [0.5, 0.6) is 5.75 Å². The summed E-state index contributed by atoms with van der Waals surface area (Å²) in [4.78, 5) is 0. The number of ether oxygens (including phenoxy) is 1. The molecule has 0 unspecified atom stereocenters. The van der Waals surface area contributed by atoms with Gasteiger partial charge in [0.05, 0.1) is 12.2 Å². The zero-order valence-corrected chi connectivity index (χ0v) is 14.3. The number of unbranched alkanes of at least 4 members (excludes halogenated alkanes) is 1. The van der Waals surface area contributed by atoms with Crippen LogP contribution in [0.15, 0.2) is 30.5 Å². The molecular formula is C16H26N4OS. The van der Waals surface area contributed by atoms with Crippen LogP contribution in [0.2, 0.25) is 0 Å². The molecular weight excluding hydrogens is 296 g/mol. The number of rotatable bonds is 8. The van der Waals surface area contributed by atoms with Crippen LogP contribution in [0.3, 0.4) is 0 Å². The van der Waals surface area contributed by atoms with Gasteiger partial charge in [0.15, 0.2) is 0 Å². The number of thiol groups is 1. The van der Waals surface area contributed by atoms with E-state index in [2.05, 4.69) is 22.9 Å². The molecule has 2 rings (SSSR count). The van der Waals surface area contributed by atoms with Gasteiger partial charge in [0.25, 0.3) is 0 Å². The van der Waals surface area contributed by atoms with Crippen molar-refractivity contribution >= 4 is 18.3 Å². The summed E-state index contributed by atoms with van der Waals surface area (Å²) in [5.41, 5.74) is 7.38. The molecule has 5 nitrogen and oxygen atoms in total. The average Bonchev–Trinajstić information content (AvgIpc) is 2.99. The van der Waals surface area contributed by atoms with Crippen LogP contribution in [0.25, 0.3) is 0 Å². The molecule has 22 heavy (non-hydrogen) atoms. The zero-order chi connectivity index (χ0) is 16.2. The van der Waals surface area contributed by atoms with Gasteiger partial charge >= 0.3 is 0 Å². The Morgan fingerprint density at radius 2 is 1.91 bits per heavy atom. The Balaban J connectivity index is 0.00000116. The van der Waals surface area contributed by atoms with Crippen LogP contribution in [0.1, 0.15) is 32.4 Å². The standard InChI is InChI=1S/C14H20N4OS.C2H6/c15-12-4-6-14(7-5-12)19-9-8-18-11-13(16-17-18)3-1-2-10-20;1-2/h4-7,11,20H,1-3,8-10,15H2;1-2H3. The number of nitrogen functional groups attached to an aromatic ring is 1. The summed E-state index contributed by atoms with van der Waals surface area (Å²) in [7, 11) is 0. The Labute approximate surface area is 138 Å². The second-order valence-corrected chi connectivity index (χ2v) is 5.02. The van der Waals surface area contributed by atoms with Gasteiger partial charge in [0.2, 0.25) is 0 Å². The van der Waals surface area contributed by atoms with Gasteiger partial charge in [0, 0.05) is 11.9 Å². The third-order valence-corrected chi connectivity index (χ3v) is 3.21. The molecule has 1 aromatic heterocycles. The van der Waals surface area contributed by atoms with Crippen molar-refractivity contribution in [2.45, 2.75) is 39.7 Å². The van der Waals surface area contributed by atoms with Crippen LogP contribution >= 0.6 is 12.6 Å². The van der Waals surface area contributed by atoms with Crippen molar-refractivity contribution in [1.82, 2.24) is 15.0 Å². The summed E-state index contributed by atoms with van der Waals surface area (Å²) in [5.74, 6) is 1.73. The summed E-state index contributed by atoms with van der Waals surface area (Å²) in [5, 5.41) is 8.23. The Hall–Kier alpha value is -1.69. The van der Waals surface area contributed by atoms with E-state index in [-0.39, 0.29) is 0 Å². The molecule has 122 valence electrons. The van der Waals surface area contributed by atoms with E-state index in [1.165, 1.54) is 0 Å². The van der Waals surface area contributed by atoms with E-state index in [4.69, 9.17) is 10.5 Å². The molecule has 0 saturated carbocycles. The highest BCUT2D eigenvalue weighted by atomic mass is 32.1. The number of aryl methyl sites for hydroxylation is 1. The van der Waals surface area contributed by atoms with Crippen LogP contribution in [0, 0.1) is 0 Å². The van der Waals surface area contributed by atoms with Crippen LogP contribution in [0.4, 0.5) is 5.69 Å². The summed E-state index contributed by atoms with van der Waals surface area (Å²) in [6.45, 7) is 5.24. The molecule has 2 aromatic rings. The summed E-state index contributed by atoms with van der Waals surface area (Å²) in [6, 6.07) is 7.37. The smallest absolute Gasteiger partial charge is 0.119 e. The molecule has 1 aromatic carbocycles. The minimum absolute atomic E-state index is 0.559. The van der Waals surface area contributed by atoms with E-state index in [1.54, 1.807) is 0 Å². The first kappa shape index (κ1) is 18.4. The van der Waals surface area contributed by atoms with Crippen LogP contribution in [-0.4, -0.2) is 27.4 Å². The molecule has 6 heteroatoms. The largest absolute Gasteiger partial charge is 0.492 e. The van der Waals surface area contributed by atoms with E-state index in [0.717, 1.165) is 42.1 Å². The van der Waals surface area contributed by atoms with Gasteiger partial charge in [-0.2, -0.15) is 12.6 Å². The van der Waals surface area contributed by atoms with E-state index < -0.39 is 0 Å². The fourth-order valence-corrected chi connectivity index (χ4v) is 2.02. The molecule has 0 radical (unpaired) electrons. The Kier molecular flexibility index (Phi) is 9.14. The lowest BCUT2D eigenvalue weighted by Crippen LogP contribution is -2.08. The lowest BCUT2D eigenvalue weighted by Gasteiger charge is -2.05. The maximum Gasteiger partial charge on any atom is 0.119 e. The molecule has 2 N–H and O–H groups in total. The number of anilines is 1. The van der Waals surface area contributed by atoms with Gasteiger partial charge in [-0.1, -0.05) is 19.1 Å². The number of hydrogen-bond donors (Lipinski definition) is 2. The number of nitrogens with two attached hydrogens (primary N) is 1. The number of hydrogen-bond acceptors (Lipinski definition) is 5. The predicted octanol–water partition coefficient (Wildman–Crippen LogP) is 3.22. The van der Waals surface area contributed by atoms with Crippen molar-refractivity contribution in [3.05, 3.63) is 36.2 Å². The number of aromatic nitrogens is 3. The number of benzene rings is 1. The van der Waals surface area contributed by atoms with E-state index in [0.29, 0.717) is 13.2 Å². The van der Waals surface area contributed by atoms with E-state index >= 15 is 0 Å². The minimum Gasteiger partial charge on any atom is -0.492 e. The summed E-state index contributed by atoms with van der Waals surface area (Å²) >= 11 is 4.19. The first-order chi connectivity index (χ1) is 10.8. The molecule has 1 heterocycles. The maximum absolute atomic E-state index is 5.62. The Morgan fingerprint density at radius 3 is 2.59 bits per heavy atom. The van der Waals surface area contributed by atoms with Crippen LogP contribution in [-0.2, 0) is 13.0 Å². The van der Waals surface area contributed by atoms with Crippen molar-refractivity contribution in [2.24, 2.45) is 0 Å². The molecule has 0 atom stereocenters. The van der Waals surface area contributed by atoms with Crippen molar-refractivity contribution < 1.29 is 4.74 Å². The monoisotopic (exact) mass is 322 g/mol. The fraction of sp³-hybridized carbons (Fsp3) is 0.500. The van der Waals surface area contributed by atoms with Crippen molar-refractivity contribution in [2.75, 3.05) is 18.1 Å². The van der Waals surface area contributed by atoms with Gasteiger partial charge in [-0.15, -0.1) is 5.10 Å². The summed E-state index contributed by atoms with van der Waals surface area (Å²) < 4.78 is 7.43. The molecule has 0 saturated heterocycles. The third kappa shape index (κ3) is 6.85. The van der Waals surface area contributed by atoms with Gasteiger partial charge in [-0.3, -0.25) is 0 Å². The average molecular weight is 322 g/mol. The normalized spacial score (nSPS) is 9.95. The molecule has 0 aliphatic rings. The Morgan fingerprint density at radius 1 is 1.18 bits per heavy atom. The minimum atomic E-state index is 0.559. The molecule has 0 spiro atoms. The molecule has 0 fully saturated rings. The van der Waals surface area contributed by atoms with E-state index in [9.17, 15) is 0 Å². The summed E-state index contributed by atoms with van der Waals surface area (Å²) in [6.07, 6.45) is 5.14. The third-order valence-electron chi connectivity index (χ3n) is 2.90. The molecule has 0 amide bonds. The Bertz CT molecular complexity index is 513. The van der Waals surface area contributed by atoms with Crippen molar-refractivity contribution in [3.63, 3.8) is 0 Å². The van der Waals surface area contributed by atoms with Gasteiger partial charge in [0.1, 0.15) is 12.4 Å². The highest BCUT2D eigenvalue weighted by Crippen LogP contribution is 2.12. The second-order valence-electron chi connectivity index (χ2n) is 4.57. The van der Waals surface area contributed by atoms with Crippen molar-refractivity contribution in [3.8, 4) is 5.75 Å². The zero-order valence-electron chi connectivity index (χ0n) is 13.4. The van der Waals surface area contributed by atoms with Crippen molar-refractivity contribution in [1.29, 1.82) is 0 Å². The molecule has 0 aliphatic carbocycles. The van der Waals surface area contributed by atoms with Gasteiger partial charge < -0.3 is 10.5 Å². The first-order valence-electron chi connectivity index (χ1n) is 7.76.